The lowest BCUT2D eigenvalue weighted by molar-refractivity contribution is -0.186. The number of hydrogen-bond acceptors (Lipinski definition) is 15. The molecule has 5 aromatic rings. The largest absolute Gasteiger partial charge is 0.425 e. The Morgan fingerprint density at radius 1 is 1.00 bits per heavy atom. The SMILES string of the molecule is CCC(OC(C)=O)OC(=O)C1=C(/C=C\c2csnn2)CSC2C(NC(=O)/C=N\OC(c3ccccc3)(c3ccccc3)c3ccccc3-c3csc(N)n3)C(=O)N12. The van der Waals surface area contributed by atoms with Gasteiger partial charge in [0.25, 0.3) is 11.8 Å². The maximum absolute atomic E-state index is 13.8. The molecule has 2 aliphatic rings. The van der Waals surface area contributed by atoms with E-state index in [-0.39, 0.29) is 12.1 Å². The molecular formula is C40H35N7O7S3. The Hall–Kier alpha value is -6.17. The number of nitrogens with one attached hydrogen (secondary N) is 1. The molecule has 3 aromatic carbocycles. The van der Waals surface area contributed by atoms with Crippen LogP contribution in [0.1, 0.15) is 42.7 Å². The van der Waals surface area contributed by atoms with Gasteiger partial charge in [-0.3, -0.25) is 19.3 Å². The molecule has 7 rings (SSSR count). The van der Waals surface area contributed by atoms with Crippen LogP contribution in [-0.2, 0) is 39.1 Å². The normalized spacial score (nSPS) is 17.2. The summed E-state index contributed by atoms with van der Waals surface area (Å²) in [5.74, 6) is -2.41. The number of carbonyl (C=O) groups is 4. The summed E-state index contributed by atoms with van der Waals surface area (Å²) in [5.41, 5.74) is 9.29. The number of nitrogens with zero attached hydrogens (tertiary/aromatic N) is 5. The second-order valence-electron chi connectivity index (χ2n) is 12.6. The number of carbonyl (C=O) groups excluding carboxylic acids is 4. The quantitative estimate of drug-likeness (QED) is 0.0346. The fourth-order valence-corrected chi connectivity index (χ4v) is 8.79. The maximum atomic E-state index is 13.8. The van der Waals surface area contributed by atoms with Crippen LogP contribution in [0.15, 0.2) is 118 Å². The zero-order valence-corrected chi connectivity index (χ0v) is 33.0. The molecule has 0 spiro atoms. The van der Waals surface area contributed by atoms with Crippen molar-refractivity contribution in [2.45, 2.75) is 43.6 Å². The Bertz CT molecular complexity index is 2310. The number of esters is 2. The molecule has 2 amide bonds. The minimum Gasteiger partial charge on any atom is -0.425 e. The molecule has 57 heavy (non-hydrogen) atoms. The van der Waals surface area contributed by atoms with Crippen molar-refractivity contribution >= 4 is 75.8 Å². The second kappa shape index (κ2) is 17.3. The van der Waals surface area contributed by atoms with Crippen LogP contribution in [0, 0.1) is 0 Å². The first-order chi connectivity index (χ1) is 27.7. The molecular weight excluding hydrogens is 787 g/mol. The molecule has 0 radical (unpaired) electrons. The number of hydrogen-bond donors (Lipinski definition) is 2. The zero-order chi connectivity index (χ0) is 39.9. The van der Waals surface area contributed by atoms with Gasteiger partial charge in [0.15, 0.2) is 5.13 Å². The van der Waals surface area contributed by atoms with E-state index in [1.165, 1.54) is 46.5 Å². The van der Waals surface area contributed by atoms with Gasteiger partial charge in [0, 0.05) is 52.1 Å². The predicted molar refractivity (Wildman–Crippen MR) is 217 cm³/mol. The molecule has 0 aliphatic carbocycles. The first kappa shape index (κ1) is 39.1. The van der Waals surface area contributed by atoms with Crippen molar-refractivity contribution in [3.63, 3.8) is 0 Å². The van der Waals surface area contributed by atoms with E-state index in [4.69, 9.17) is 20.0 Å². The van der Waals surface area contributed by atoms with Crippen LogP contribution in [0.5, 0.6) is 0 Å². The number of nitrogen functional groups attached to an aromatic ring is 1. The molecule has 14 nitrogen and oxygen atoms in total. The minimum atomic E-state index is -1.36. The number of anilines is 1. The fraction of sp³-hybridized carbons (Fsp3) is 0.200. The van der Waals surface area contributed by atoms with Gasteiger partial charge in [0.1, 0.15) is 23.3 Å². The van der Waals surface area contributed by atoms with Crippen molar-refractivity contribution in [1.29, 1.82) is 0 Å². The summed E-state index contributed by atoms with van der Waals surface area (Å²) in [6.07, 6.45) is 3.37. The highest BCUT2D eigenvalue weighted by Gasteiger charge is 2.54. The molecule has 0 saturated carbocycles. The third-order valence-electron chi connectivity index (χ3n) is 9.01. The van der Waals surface area contributed by atoms with Crippen molar-refractivity contribution in [3.8, 4) is 11.3 Å². The smallest absolute Gasteiger partial charge is 0.358 e. The van der Waals surface area contributed by atoms with Crippen LogP contribution in [0.25, 0.3) is 17.3 Å². The average Bonchev–Trinajstić information content (AvgIpc) is 3.92. The summed E-state index contributed by atoms with van der Waals surface area (Å²) in [5, 5.41) is 14.4. The molecule has 2 aliphatic heterocycles. The number of aromatic nitrogens is 3. The fourth-order valence-electron chi connectivity index (χ4n) is 6.49. The van der Waals surface area contributed by atoms with E-state index in [1.807, 2.05) is 90.3 Å². The summed E-state index contributed by atoms with van der Waals surface area (Å²) >= 11 is 3.84. The monoisotopic (exact) mass is 821 g/mol. The van der Waals surface area contributed by atoms with Gasteiger partial charge in [-0.2, -0.15) is 0 Å². The van der Waals surface area contributed by atoms with Gasteiger partial charge in [0.05, 0.1) is 11.4 Å². The number of benzene rings is 3. The number of thioether (sulfide) groups is 1. The Balaban J connectivity index is 1.16. The average molecular weight is 822 g/mol. The highest BCUT2D eigenvalue weighted by atomic mass is 32.2. The molecule has 2 aromatic heterocycles. The first-order valence-corrected chi connectivity index (χ1v) is 20.4. The summed E-state index contributed by atoms with van der Waals surface area (Å²) < 4.78 is 14.5. The van der Waals surface area contributed by atoms with E-state index in [0.29, 0.717) is 33.4 Å². The van der Waals surface area contributed by atoms with Crippen LogP contribution in [-0.4, -0.2) is 72.9 Å². The number of ether oxygens (including phenoxy) is 2. The second-order valence-corrected chi connectivity index (χ2v) is 15.2. The summed E-state index contributed by atoms with van der Waals surface area (Å²) in [7, 11) is 0. The maximum Gasteiger partial charge on any atom is 0.358 e. The van der Waals surface area contributed by atoms with Crippen LogP contribution >= 0.6 is 34.6 Å². The van der Waals surface area contributed by atoms with Gasteiger partial charge in [-0.1, -0.05) is 108 Å². The summed E-state index contributed by atoms with van der Waals surface area (Å²) in [6, 6.07) is 25.6. The molecule has 3 unspecified atom stereocenters. The van der Waals surface area contributed by atoms with Crippen molar-refractivity contribution < 1.29 is 33.5 Å². The van der Waals surface area contributed by atoms with E-state index >= 15 is 0 Å². The number of amides is 2. The topological polar surface area (TPSA) is 188 Å². The number of β-lactam (4-membered cyclic amide) rings is 1. The van der Waals surface area contributed by atoms with Gasteiger partial charge in [-0.25, -0.2) is 9.78 Å². The molecule has 290 valence electrons. The molecule has 3 N–H and O–H groups in total. The van der Waals surface area contributed by atoms with Gasteiger partial charge in [0.2, 0.25) is 11.9 Å². The van der Waals surface area contributed by atoms with E-state index in [0.717, 1.165) is 22.9 Å². The Labute approximate surface area is 339 Å². The van der Waals surface area contributed by atoms with Gasteiger partial charge >= 0.3 is 11.9 Å². The van der Waals surface area contributed by atoms with Crippen LogP contribution in [0.3, 0.4) is 0 Å². The first-order valence-electron chi connectivity index (χ1n) is 17.6. The number of nitrogens with two attached hydrogens (primary N) is 1. The van der Waals surface area contributed by atoms with E-state index < -0.39 is 47.1 Å². The number of rotatable bonds is 14. The minimum absolute atomic E-state index is 0.0210. The zero-order valence-electron chi connectivity index (χ0n) is 30.5. The number of thiazole rings is 1. The lowest BCUT2D eigenvalue weighted by Gasteiger charge is -2.49. The summed E-state index contributed by atoms with van der Waals surface area (Å²) in [6.45, 7) is 2.90. The molecule has 17 heteroatoms. The van der Waals surface area contributed by atoms with Crippen LogP contribution in [0.2, 0.25) is 0 Å². The van der Waals surface area contributed by atoms with E-state index in [2.05, 4.69) is 25.0 Å². The van der Waals surface area contributed by atoms with Gasteiger partial charge in [-0.05, 0) is 23.2 Å². The number of oxime groups is 1. The van der Waals surface area contributed by atoms with Gasteiger partial charge in [-0.15, -0.1) is 28.2 Å². The van der Waals surface area contributed by atoms with Crippen molar-refractivity contribution in [2.24, 2.45) is 5.16 Å². The highest BCUT2D eigenvalue weighted by Crippen LogP contribution is 2.45. The van der Waals surface area contributed by atoms with E-state index in [9.17, 15) is 19.2 Å². The molecule has 1 fully saturated rings. The lowest BCUT2D eigenvalue weighted by atomic mass is 9.78. The van der Waals surface area contributed by atoms with Crippen molar-refractivity contribution in [3.05, 3.63) is 135 Å². The summed E-state index contributed by atoms with van der Waals surface area (Å²) in [4.78, 5) is 64.9. The third kappa shape index (κ3) is 8.21. The highest BCUT2D eigenvalue weighted by molar-refractivity contribution is 8.00. The standard InChI is InChI=1S/C40H35N7O7S3/c1-3-33(52-24(2)48)53-38(51)35-25(18-19-28-22-57-46-45-28)21-55-37-34(36(50)47(35)37)44-32(49)20-42-54-40(26-12-6-4-7-13-26,27-14-8-5-9-15-27)30-17-11-10-16-29(30)31-23-56-39(41)43-31/h4-20,22-23,33-34,37H,3,21H2,1-2H3,(H2,41,43)(H,44,49)/b19-18-,42-20-. The third-order valence-corrected chi connectivity index (χ3v) is 11.5. The van der Waals surface area contributed by atoms with Crippen LogP contribution < -0.4 is 11.1 Å². The van der Waals surface area contributed by atoms with Gasteiger partial charge < -0.3 is 25.4 Å². The van der Waals surface area contributed by atoms with Crippen molar-refractivity contribution in [2.75, 3.05) is 11.5 Å². The lowest BCUT2D eigenvalue weighted by Crippen LogP contribution is -2.70. The predicted octanol–water partition coefficient (Wildman–Crippen LogP) is 5.75. The molecule has 4 heterocycles. The molecule has 1 saturated heterocycles. The van der Waals surface area contributed by atoms with E-state index in [1.54, 1.807) is 24.5 Å². The number of fused-ring (bicyclic) bond motifs is 1. The number of allylic oxidation sites excluding steroid dienone is 1. The molecule has 0 bridgehead atoms. The van der Waals surface area contributed by atoms with Crippen LogP contribution in [0.4, 0.5) is 5.13 Å². The Morgan fingerprint density at radius 2 is 1.70 bits per heavy atom. The molecule has 3 atom stereocenters. The van der Waals surface area contributed by atoms with Crippen molar-refractivity contribution in [1.82, 2.24) is 24.8 Å². The Kier molecular flexibility index (Phi) is 11.9. The Morgan fingerprint density at radius 3 is 2.33 bits per heavy atom.